The smallest absolute Gasteiger partial charge is 0.172 e. The van der Waals surface area contributed by atoms with Crippen molar-refractivity contribution < 1.29 is 5.21 Å². The fraction of sp³-hybridized carbons (Fsp3) is 0.500. The predicted octanol–water partition coefficient (Wildman–Crippen LogP) is 3.41. The number of rotatable bonds is 5. The van der Waals surface area contributed by atoms with Gasteiger partial charge in [-0.2, -0.15) is 0 Å². The second-order valence-electron chi connectivity index (χ2n) is 5.24. The molecule has 0 amide bonds. The van der Waals surface area contributed by atoms with Gasteiger partial charge in [-0.3, -0.25) is 0 Å². The maximum atomic E-state index is 8.90. The minimum Gasteiger partial charge on any atom is -0.409 e. The molecule has 0 saturated heterocycles. The molecule has 1 aromatic carbocycles. The first-order valence-corrected chi connectivity index (χ1v) is 7.16. The van der Waals surface area contributed by atoms with E-state index in [1.807, 2.05) is 25.2 Å². The molecule has 19 heavy (non-hydrogen) atoms. The Bertz CT molecular complexity index is 460. The molecule has 0 fully saturated rings. The van der Waals surface area contributed by atoms with Gasteiger partial charge in [-0.1, -0.05) is 34.9 Å². The molecule has 106 valence electrons. The van der Waals surface area contributed by atoms with Gasteiger partial charge in [0.15, 0.2) is 5.84 Å². The minimum atomic E-state index is 0.125. The van der Waals surface area contributed by atoms with Crippen LogP contribution in [-0.2, 0) is 0 Å². The highest BCUT2D eigenvalue weighted by atomic mass is 79.9. The van der Waals surface area contributed by atoms with E-state index in [4.69, 9.17) is 10.9 Å². The van der Waals surface area contributed by atoms with E-state index in [-0.39, 0.29) is 5.84 Å². The van der Waals surface area contributed by atoms with Gasteiger partial charge in [0.2, 0.25) is 0 Å². The Morgan fingerprint density at radius 2 is 2.05 bits per heavy atom. The van der Waals surface area contributed by atoms with Crippen LogP contribution < -0.4 is 10.6 Å². The van der Waals surface area contributed by atoms with Crippen LogP contribution in [0.2, 0.25) is 0 Å². The zero-order valence-electron chi connectivity index (χ0n) is 11.9. The molecule has 0 aromatic heterocycles. The van der Waals surface area contributed by atoms with Gasteiger partial charge in [-0.05, 0) is 37.5 Å². The normalized spacial score (nSPS) is 13.7. The average molecular weight is 328 g/mol. The molecular weight excluding hydrogens is 306 g/mol. The number of nitrogens with zero attached hydrogens (tertiary/aromatic N) is 2. The van der Waals surface area contributed by atoms with E-state index in [0.717, 1.165) is 22.1 Å². The zero-order valence-corrected chi connectivity index (χ0v) is 13.5. The van der Waals surface area contributed by atoms with E-state index in [1.165, 1.54) is 0 Å². The molecule has 0 heterocycles. The van der Waals surface area contributed by atoms with Crippen LogP contribution in [0.5, 0.6) is 0 Å². The van der Waals surface area contributed by atoms with Crippen LogP contribution in [0, 0.1) is 5.92 Å². The molecule has 0 spiro atoms. The third kappa shape index (κ3) is 4.13. The van der Waals surface area contributed by atoms with Gasteiger partial charge in [0, 0.05) is 28.8 Å². The van der Waals surface area contributed by atoms with E-state index >= 15 is 0 Å². The molecule has 0 radical (unpaired) electrons. The van der Waals surface area contributed by atoms with Crippen LogP contribution in [0.1, 0.15) is 32.8 Å². The summed E-state index contributed by atoms with van der Waals surface area (Å²) in [5.41, 5.74) is 7.45. The highest BCUT2D eigenvalue weighted by Gasteiger charge is 2.17. The number of oxime groups is 1. The zero-order chi connectivity index (χ0) is 14.6. The minimum absolute atomic E-state index is 0.125. The lowest BCUT2D eigenvalue weighted by Crippen LogP contribution is -2.32. The topological polar surface area (TPSA) is 61.8 Å². The largest absolute Gasteiger partial charge is 0.409 e. The molecule has 0 aliphatic carbocycles. The fourth-order valence-corrected chi connectivity index (χ4v) is 2.51. The van der Waals surface area contributed by atoms with E-state index in [9.17, 15) is 0 Å². The summed E-state index contributed by atoms with van der Waals surface area (Å²) < 4.78 is 0.905. The van der Waals surface area contributed by atoms with Crippen LogP contribution >= 0.6 is 15.9 Å². The van der Waals surface area contributed by atoms with Gasteiger partial charge in [-0.15, -0.1) is 0 Å². The van der Waals surface area contributed by atoms with Crippen molar-refractivity contribution >= 4 is 27.5 Å². The van der Waals surface area contributed by atoms with Crippen LogP contribution in [0.25, 0.3) is 0 Å². The standard InChI is InChI=1S/C14H22BrN3O/c1-9(2)7-10(3)18(4)13-6-5-11(15)8-12(13)14(16)17-19/h5-6,8-10,19H,7H2,1-4H3,(H2,16,17). The summed E-state index contributed by atoms with van der Waals surface area (Å²) in [6.45, 7) is 6.59. The first kappa shape index (κ1) is 15.8. The summed E-state index contributed by atoms with van der Waals surface area (Å²) in [5.74, 6) is 0.750. The lowest BCUT2D eigenvalue weighted by atomic mass is 10.0. The molecule has 1 rings (SSSR count). The Kier molecular flexibility index (Phi) is 5.66. The summed E-state index contributed by atoms with van der Waals surface area (Å²) in [7, 11) is 2.03. The maximum Gasteiger partial charge on any atom is 0.172 e. The first-order chi connectivity index (χ1) is 8.86. The molecule has 3 N–H and O–H groups in total. The lowest BCUT2D eigenvalue weighted by molar-refractivity contribution is 0.318. The van der Waals surface area contributed by atoms with E-state index in [0.29, 0.717) is 12.0 Å². The second-order valence-corrected chi connectivity index (χ2v) is 6.15. The molecule has 5 heteroatoms. The Morgan fingerprint density at radius 1 is 1.42 bits per heavy atom. The summed E-state index contributed by atoms with van der Waals surface area (Å²) in [6, 6.07) is 6.19. The second kappa shape index (κ2) is 6.80. The summed E-state index contributed by atoms with van der Waals surface area (Å²) in [6.07, 6.45) is 1.09. The van der Waals surface area contributed by atoms with Crippen molar-refractivity contribution in [2.75, 3.05) is 11.9 Å². The van der Waals surface area contributed by atoms with Gasteiger partial charge >= 0.3 is 0 Å². The molecule has 0 bridgehead atoms. The quantitative estimate of drug-likeness (QED) is 0.377. The third-order valence-electron chi connectivity index (χ3n) is 3.20. The molecular formula is C14H22BrN3O. The first-order valence-electron chi connectivity index (χ1n) is 6.37. The maximum absolute atomic E-state index is 8.90. The summed E-state index contributed by atoms with van der Waals surface area (Å²) in [5, 5.41) is 12.0. The monoisotopic (exact) mass is 327 g/mol. The lowest BCUT2D eigenvalue weighted by Gasteiger charge is -2.30. The average Bonchev–Trinajstić information content (AvgIpc) is 2.36. The number of halogens is 1. The number of nitrogens with two attached hydrogens (primary N) is 1. The van der Waals surface area contributed by atoms with Crippen LogP contribution in [0.15, 0.2) is 27.8 Å². The van der Waals surface area contributed by atoms with Crippen LogP contribution in [-0.4, -0.2) is 24.1 Å². The molecule has 0 saturated carbocycles. The Morgan fingerprint density at radius 3 is 2.58 bits per heavy atom. The SMILES string of the molecule is CC(C)CC(C)N(C)c1ccc(Br)cc1/C(N)=N/O. The van der Waals surface area contributed by atoms with Gasteiger partial charge in [0.25, 0.3) is 0 Å². The van der Waals surface area contributed by atoms with Gasteiger partial charge in [-0.25, -0.2) is 0 Å². The number of hydrogen-bond donors (Lipinski definition) is 2. The fourth-order valence-electron chi connectivity index (χ4n) is 2.15. The highest BCUT2D eigenvalue weighted by Crippen LogP contribution is 2.26. The molecule has 1 atom stereocenters. The van der Waals surface area contributed by atoms with Crippen LogP contribution in [0.4, 0.5) is 5.69 Å². The number of benzene rings is 1. The molecule has 0 aliphatic heterocycles. The Balaban J connectivity index is 3.12. The number of hydrogen-bond acceptors (Lipinski definition) is 3. The van der Waals surface area contributed by atoms with E-state index < -0.39 is 0 Å². The number of anilines is 1. The molecule has 0 aliphatic rings. The van der Waals surface area contributed by atoms with Crippen molar-refractivity contribution in [3.63, 3.8) is 0 Å². The predicted molar refractivity (Wildman–Crippen MR) is 84.0 cm³/mol. The van der Waals surface area contributed by atoms with Crippen molar-refractivity contribution in [1.82, 2.24) is 0 Å². The number of amidine groups is 1. The van der Waals surface area contributed by atoms with E-state index in [2.05, 4.69) is 46.8 Å². The van der Waals surface area contributed by atoms with Crippen molar-refractivity contribution in [1.29, 1.82) is 0 Å². The summed E-state index contributed by atoms with van der Waals surface area (Å²) in [4.78, 5) is 2.17. The molecule has 1 aromatic rings. The van der Waals surface area contributed by atoms with E-state index in [1.54, 1.807) is 0 Å². The molecule has 4 nitrogen and oxygen atoms in total. The summed E-state index contributed by atoms with van der Waals surface area (Å²) >= 11 is 3.41. The van der Waals surface area contributed by atoms with Gasteiger partial charge in [0.05, 0.1) is 0 Å². The molecule has 1 unspecified atom stereocenters. The van der Waals surface area contributed by atoms with Crippen molar-refractivity contribution in [3.05, 3.63) is 28.2 Å². The van der Waals surface area contributed by atoms with Gasteiger partial charge in [0.1, 0.15) is 0 Å². The van der Waals surface area contributed by atoms with Crippen LogP contribution in [0.3, 0.4) is 0 Å². The highest BCUT2D eigenvalue weighted by molar-refractivity contribution is 9.10. The van der Waals surface area contributed by atoms with Crippen molar-refractivity contribution in [3.8, 4) is 0 Å². The Hall–Kier alpha value is -1.23. The third-order valence-corrected chi connectivity index (χ3v) is 3.69. The van der Waals surface area contributed by atoms with Gasteiger partial charge < -0.3 is 15.8 Å². The van der Waals surface area contributed by atoms with Crippen molar-refractivity contribution in [2.45, 2.75) is 33.2 Å². The Labute approximate surface area is 123 Å². The van der Waals surface area contributed by atoms with Crippen molar-refractivity contribution in [2.24, 2.45) is 16.8 Å².